The standard InChI is InChI=1S/C31H39ClN2O4Si.C24H23ClN2O4.C20H27BO3.C17H24Cl2N2O3Si.C13H17Cl3N2OSi.C4H8O2/c1-21(35)22-5-7-23(8-6-22)24-9-11-25(12-10-24)31-27(32)17-29-28(33-31)18-30(38-26-13-14-36-19-26)34(29)20-37-15-16-39(2,3)4;25-19-11-20-21(12-22(26-20)31-18-9-10-30-13-18)27-23(19)16-5-1-14(2-6-16)15-3-7-17(8-4-15)24(28)29;1-14(22)15-6-8-16(9-7-15)17-10-12-18(13-11-17)21-23-19(2,3)20(4,5)24-21;1-25(2,3)7-6-23-11-21-15-8-13(18)17(19)20-14(15)9-16(21)24-12-4-5-22-10-12;1-20(2,3)5-4-19-8-18-11-6-9(14)13(16)17-10(11)7-12(18)15;5-4-1-2-6-3-4/h7,9-12,17-18,22,26H,5-6,8,13-16,19-20H2,1-4H3;1-3,5-6,11-12,17-18,26H,4,7-10,13H2,(H,28,29);8,10-13,15H,6-7,9H2,1-5H3;8-9,12H,4-7,10-11H2,1-3H3;6-7H,4-5,8H2,1-3H3;4-5H,1-3H2/t22?,26-;17?,18-;;12-;;4-/m00.0.0/s1. The van der Waals surface area contributed by atoms with Gasteiger partial charge in [0.2, 0.25) is 0 Å². The normalized spacial score (nSPS) is 20.4. The maximum absolute atomic E-state index is 11.7. The van der Waals surface area contributed by atoms with E-state index in [1.807, 2.05) is 68.3 Å². The lowest BCUT2D eigenvalue weighted by atomic mass is 9.78. The van der Waals surface area contributed by atoms with Crippen LogP contribution in [0.5, 0.6) is 17.6 Å². The number of hydrogen-bond donors (Lipinski definition) is 3. The Labute approximate surface area is 889 Å². The Kier molecular flexibility index (Phi) is 39.6. The lowest BCUT2D eigenvalue weighted by Gasteiger charge is -2.32. The predicted molar refractivity (Wildman–Crippen MR) is 592 cm³/mol. The number of ketones is 2. The number of carbonyl (C=O) groups excluding carboxylic acids is 2. The molecule has 3 unspecified atom stereocenters. The summed E-state index contributed by atoms with van der Waals surface area (Å²) in [5.74, 6) is 2.10. The Morgan fingerprint density at radius 3 is 1.18 bits per heavy atom. The van der Waals surface area contributed by atoms with Crippen molar-refractivity contribution < 1.29 is 81.3 Å². The van der Waals surface area contributed by atoms with Crippen LogP contribution in [-0.2, 0) is 77.0 Å². The van der Waals surface area contributed by atoms with Crippen LogP contribution >= 0.6 is 81.2 Å². The number of nitrogens with one attached hydrogen (secondary N) is 1. The van der Waals surface area contributed by atoms with Gasteiger partial charge in [0.15, 0.2) is 17.6 Å². The fourth-order valence-electron chi connectivity index (χ4n) is 17.6. The van der Waals surface area contributed by atoms with Crippen molar-refractivity contribution in [3.05, 3.63) is 192 Å². The average molecular weight is 2180 g/mol. The zero-order chi connectivity index (χ0) is 104. The van der Waals surface area contributed by atoms with Crippen LogP contribution in [0.15, 0.2) is 140 Å². The number of aliphatic hydroxyl groups is 1. The van der Waals surface area contributed by atoms with E-state index in [-0.39, 0.29) is 71.4 Å². The molecule has 8 aliphatic rings. The lowest BCUT2D eigenvalue weighted by Crippen LogP contribution is -2.41. The van der Waals surface area contributed by atoms with Crippen LogP contribution in [0.4, 0.5) is 0 Å². The molecule has 36 heteroatoms. The Morgan fingerprint density at radius 1 is 0.434 bits per heavy atom. The number of H-pyrrole nitrogens is 1. The number of benzene rings is 3. The van der Waals surface area contributed by atoms with E-state index >= 15 is 0 Å². The third-order valence-corrected chi connectivity index (χ3v) is 34.9. The molecule has 3 aliphatic carbocycles. The van der Waals surface area contributed by atoms with Crippen molar-refractivity contribution in [1.82, 2.24) is 38.6 Å². The van der Waals surface area contributed by atoms with Crippen LogP contribution in [0.1, 0.15) is 142 Å². The van der Waals surface area contributed by atoms with E-state index in [4.69, 9.17) is 158 Å². The molecule has 8 aromatic heterocycles. The molecule has 13 heterocycles. The van der Waals surface area contributed by atoms with Gasteiger partial charge in [-0.2, -0.15) is 0 Å². The molecule has 145 heavy (non-hydrogen) atoms. The lowest BCUT2D eigenvalue weighted by molar-refractivity contribution is -0.142. The van der Waals surface area contributed by atoms with Crippen LogP contribution in [0.25, 0.3) is 83.4 Å². The number of rotatable bonds is 30. The van der Waals surface area contributed by atoms with E-state index < -0.39 is 30.2 Å². The molecule has 0 bridgehead atoms. The minimum Gasteiger partial charge on any atom is -0.481 e. The van der Waals surface area contributed by atoms with Crippen LogP contribution < -0.4 is 19.7 Å². The first-order valence-electron chi connectivity index (χ1n) is 50.4. The molecule has 19 rings (SSSR count). The van der Waals surface area contributed by atoms with Crippen molar-refractivity contribution in [2.24, 2.45) is 17.8 Å². The highest BCUT2D eigenvalue weighted by atomic mass is 35.5. The van der Waals surface area contributed by atoms with Crippen molar-refractivity contribution in [2.75, 3.05) is 72.7 Å². The van der Waals surface area contributed by atoms with Gasteiger partial charge in [-0.1, -0.05) is 231 Å². The number of hydrogen-bond acceptors (Lipinski definition) is 20. The van der Waals surface area contributed by atoms with Crippen LogP contribution in [0.3, 0.4) is 0 Å². The van der Waals surface area contributed by atoms with E-state index in [1.165, 1.54) is 27.8 Å². The van der Waals surface area contributed by atoms with Crippen molar-refractivity contribution in [3.8, 4) is 40.2 Å². The summed E-state index contributed by atoms with van der Waals surface area (Å²) >= 11 is 43.7. The molecule has 25 nitrogen and oxygen atoms in total. The average Bonchev–Trinajstić information content (AvgIpc) is 1.62. The predicted octanol–water partition coefficient (Wildman–Crippen LogP) is 26.6. The SMILES string of the molecule is CC(=O)C1CC=C(c2ccc(-c3nc4cc(O[C@H]5CCOC5)n(COCC[Si](C)(C)C)c4cc3Cl)cc2)CC1.CC(=O)C1CC=C(c2ccc(B3OC(C)(C)C(C)(C)O3)cc2)CC1.C[Si](C)(C)CCOCn1c(Cl)cc2nc(Cl)c(Cl)cc21.C[Si](C)(C)CCOCn1c(O[C@H]2CCOC2)cc2nc(Cl)c(Cl)cc21.O=C(O)C1CC=C(c2ccc(-c3nc4cc(O[C@H]5CCOC5)[nH]c4cc3Cl)cc2)CC1.O[C@H]1CCOC1. The molecule has 5 aliphatic heterocycles. The highest BCUT2D eigenvalue weighted by Gasteiger charge is 2.52. The Balaban J connectivity index is 0.000000144. The van der Waals surface area contributed by atoms with Gasteiger partial charge in [-0.15, -0.1) is 0 Å². The number of carboxylic acids is 1. The Hall–Kier alpha value is -7.80. The van der Waals surface area contributed by atoms with E-state index in [9.17, 15) is 14.4 Å². The van der Waals surface area contributed by atoms with Gasteiger partial charge >= 0.3 is 13.1 Å². The van der Waals surface area contributed by atoms with Gasteiger partial charge in [0.25, 0.3) is 0 Å². The minimum atomic E-state index is -1.19. The van der Waals surface area contributed by atoms with Gasteiger partial charge in [-0.3, -0.25) is 23.5 Å². The summed E-state index contributed by atoms with van der Waals surface area (Å²) in [6.45, 7) is 41.3. The summed E-state index contributed by atoms with van der Waals surface area (Å²) in [6.07, 6.45) is 17.4. The van der Waals surface area contributed by atoms with Gasteiger partial charge in [-0.05, 0) is 187 Å². The molecular formula is C109H138BCl7N8O17Si3. The van der Waals surface area contributed by atoms with E-state index in [1.54, 1.807) is 26.0 Å². The quantitative estimate of drug-likeness (QED) is 0.0214. The van der Waals surface area contributed by atoms with Gasteiger partial charge in [0.1, 0.15) is 65.5 Å². The summed E-state index contributed by atoms with van der Waals surface area (Å²) < 4.78 is 75.3. The van der Waals surface area contributed by atoms with Crippen molar-refractivity contribution in [1.29, 1.82) is 0 Å². The smallest absolute Gasteiger partial charge is 0.481 e. The third-order valence-electron chi connectivity index (χ3n) is 27.5. The maximum Gasteiger partial charge on any atom is 0.494 e. The molecular weight excluding hydrogens is 2040 g/mol. The molecule has 0 saturated carbocycles. The van der Waals surface area contributed by atoms with Gasteiger partial charge in [0, 0.05) is 117 Å². The number of aliphatic carboxylic acids is 1. The highest BCUT2D eigenvalue weighted by molar-refractivity contribution is 6.77. The molecule has 3 aromatic carbocycles. The summed E-state index contributed by atoms with van der Waals surface area (Å²) in [5, 5.41) is 20.9. The fourth-order valence-corrected chi connectivity index (χ4v) is 21.2. The second-order valence-electron chi connectivity index (χ2n) is 43.1. The number of allylic oxidation sites excluding steroid dienone is 6. The van der Waals surface area contributed by atoms with Crippen molar-refractivity contribution in [3.63, 3.8) is 0 Å². The number of aliphatic hydroxyl groups excluding tert-OH is 1. The van der Waals surface area contributed by atoms with Gasteiger partial charge in [0.05, 0.1) is 145 Å². The van der Waals surface area contributed by atoms with E-state index in [2.05, 4.69) is 174 Å². The van der Waals surface area contributed by atoms with Gasteiger partial charge < -0.3 is 76.4 Å². The fraction of sp³-hybridized carbons (Fsp3) is 0.495. The number of Topliss-reactive ketones (excluding diaryl/α,β-unsaturated/α-hetero) is 2. The molecule has 0 spiro atoms. The van der Waals surface area contributed by atoms with Crippen LogP contribution in [0.2, 0.25) is 113 Å². The monoisotopic (exact) mass is 2170 g/mol. The molecule has 7 atom stereocenters. The van der Waals surface area contributed by atoms with Crippen molar-refractivity contribution in [2.45, 2.75) is 258 Å². The van der Waals surface area contributed by atoms with E-state index in [0.717, 1.165) is 219 Å². The number of ether oxygens (including phenoxy) is 10. The second kappa shape index (κ2) is 50.9. The first-order valence-corrected chi connectivity index (χ1v) is 64.2. The van der Waals surface area contributed by atoms with Crippen molar-refractivity contribution >= 4 is 196 Å². The van der Waals surface area contributed by atoms with E-state index in [0.29, 0.717) is 107 Å². The number of halogens is 7. The minimum absolute atomic E-state index is 0.0253. The second-order valence-corrected chi connectivity index (χ2v) is 62.6. The Morgan fingerprint density at radius 2 is 0.800 bits per heavy atom. The number of nitrogens with zero attached hydrogens (tertiary/aromatic N) is 7. The summed E-state index contributed by atoms with van der Waals surface area (Å²) in [4.78, 5) is 55.9. The zero-order valence-electron chi connectivity index (χ0n) is 85.9. The number of pyridine rings is 4. The zero-order valence-corrected chi connectivity index (χ0v) is 94.2. The summed E-state index contributed by atoms with van der Waals surface area (Å²) in [5.41, 5.74) is 17.7. The highest BCUT2D eigenvalue weighted by Crippen LogP contribution is 2.43. The van der Waals surface area contributed by atoms with Crippen LogP contribution in [0, 0.1) is 17.8 Å². The number of carboxylic acid groups (broad SMARTS) is 1. The molecule has 11 aromatic rings. The topological polar surface area (TPSA) is 285 Å². The number of aromatic amines is 1. The molecule has 780 valence electrons. The molecule has 5 saturated heterocycles. The largest absolute Gasteiger partial charge is 0.494 e. The third kappa shape index (κ3) is 31.5. The first kappa shape index (κ1) is 113. The number of carbonyl (C=O) groups is 3. The van der Waals surface area contributed by atoms with Gasteiger partial charge in [-0.25, -0.2) is 19.9 Å². The summed E-state index contributed by atoms with van der Waals surface area (Å²) in [7, 11) is -3.71. The molecule has 0 amide bonds. The molecule has 5 fully saturated rings. The Bertz CT molecular complexity index is 6350. The summed E-state index contributed by atoms with van der Waals surface area (Å²) in [6, 6.07) is 43.3. The number of fused-ring (bicyclic) bond motifs is 4. The van der Waals surface area contributed by atoms with Crippen LogP contribution in [-0.4, -0.2) is 206 Å². The molecule has 0 radical (unpaired) electrons. The molecule has 3 N–H and O–H groups in total. The number of aromatic nitrogens is 8. The maximum atomic E-state index is 11.7. The first-order chi connectivity index (χ1) is 68.9.